The zero-order valence-electron chi connectivity index (χ0n) is 13.6. The summed E-state index contributed by atoms with van der Waals surface area (Å²) in [6.45, 7) is -0.634. The minimum Gasteiger partial charge on any atom is -0.462 e. The van der Waals surface area contributed by atoms with Crippen LogP contribution in [0.3, 0.4) is 0 Å². The number of thioether (sulfide) groups is 1. The Morgan fingerprint density at radius 1 is 1.56 bits per heavy atom. The van der Waals surface area contributed by atoms with Gasteiger partial charge in [0.05, 0.1) is 13.2 Å². The van der Waals surface area contributed by atoms with Crippen molar-refractivity contribution in [2.45, 2.75) is 30.5 Å². The van der Waals surface area contributed by atoms with Crippen LogP contribution in [0.4, 0.5) is 5.82 Å². The minimum absolute atomic E-state index is 0.0363. The topological polar surface area (TPSA) is 157 Å². The number of aliphatic hydroxyl groups excluding tert-OH is 3. The summed E-state index contributed by atoms with van der Waals surface area (Å²) in [4.78, 5) is 28.4. The van der Waals surface area contributed by atoms with E-state index >= 15 is 0 Å². The first kappa shape index (κ1) is 19.7. The predicted molar refractivity (Wildman–Crippen MR) is 88.8 cm³/mol. The number of rotatable bonds is 7. The van der Waals surface area contributed by atoms with Crippen LogP contribution in [0.5, 0.6) is 0 Å². The van der Waals surface area contributed by atoms with E-state index in [4.69, 9.17) is 15.2 Å². The second-order valence-electron chi connectivity index (χ2n) is 5.46. The lowest BCUT2D eigenvalue weighted by molar-refractivity contribution is -0.202. The number of ether oxygens (including phenoxy) is 2. The van der Waals surface area contributed by atoms with Crippen molar-refractivity contribution in [1.82, 2.24) is 9.55 Å². The fraction of sp³-hybridized carbons (Fsp3) is 0.643. The van der Waals surface area contributed by atoms with E-state index in [0.717, 1.165) is 11.9 Å². The maximum atomic E-state index is 12.7. The first-order chi connectivity index (χ1) is 11.9. The average molecular weight is 375 g/mol. The van der Waals surface area contributed by atoms with Gasteiger partial charge in [-0.05, 0) is 24.5 Å². The van der Waals surface area contributed by atoms with Crippen molar-refractivity contribution in [3.8, 4) is 0 Å². The van der Waals surface area contributed by atoms with Gasteiger partial charge in [-0.3, -0.25) is 4.57 Å². The van der Waals surface area contributed by atoms with Gasteiger partial charge in [-0.1, -0.05) is 0 Å². The van der Waals surface area contributed by atoms with Crippen molar-refractivity contribution in [2.24, 2.45) is 0 Å². The molecule has 1 fully saturated rings. The Morgan fingerprint density at radius 2 is 2.28 bits per heavy atom. The Hall–Kier alpha value is -1.66. The van der Waals surface area contributed by atoms with Gasteiger partial charge in [-0.25, -0.2) is 9.59 Å². The Morgan fingerprint density at radius 3 is 2.84 bits per heavy atom. The number of aromatic nitrogens is 2. The zero-order valence-corrected chi connectivity index (χ0v) is 14.4. The number of carbonyl (C=O) groups excluding carboxylic acids is 1. The molecule has 11 heteroatoms. The monoisotopic (exact) mass is 375 g/mol. The summed E-state index contributed by atoms with van der Waals surface area (Å²) < 4.78 is 11.2. The molecule has 2 heterocycles. The summed E-state index contributed by atoms with van der Waals surface area (Å²) >= 11 is 1.57. The summed E-state index contributed by atoms with van der Waals surface area (Å²) in [5.74, 6) is -0.407. The van der Waals surface area contributed by atoms with E-state index in [1.807, 2.05) is 6.26 Å². The number of nitrogens with two attached hydrogens (primary N) is 1. The van der Waals surface area contributed by atoms with E-state index in [2.05, 4.69) is 4.98 Å². The molecule has 140 valence electrons. The highest BCUT2D eigenvalue weighted by atomic mass is 32.2. The molecule has 1 aliphatic rings. The molecule has 0 spiro atoms. The van der Waals surface area contributed by atoms with Crippen LogP contribution in [0, 0.1) is 0 Å². The van der Waals surface area contributed by atoms with Crippen LogP contribution in [0.1, 0.15) is 6.42 Å². The van der Waals surface area contributed by atoms with Crippen LogP contribution in [0.15, 0.2) is 17.1 Å². The molecule has 1 saturated heterocycles. The van der Waals surface area contributed by atoms with Crippen LogP contribution in [0.2, 0.25) is 0 Å². The third kappa shape index (κ3) is 3.65. The quantitative estimate of drug-likeness (QED) is 0.307. The zero-order chi connectivity index (χ0) is 18.6. The lowest BCUT2D eigenvalue weighted by Gasteiger charge is -2.31. The predicted octanol–water partition coefficient (Wildman–Crippen LogP) is -2.11. The largest absolute Gasteiger partial charge is 0.462 e. The van der Waals surface area contributed by atoms with Crippen molar-refractivity contribution in [2.75, 3.05) is 31.0 Å². The highest BCUT2D eigenvalue weighted by Crippen LogP contribution is 2.36. The Balaban J connectivity index is 2.42. The number of hydrogen-bond acceptors (Lipinski definition) is 10. The molecular weight excluding hydrogens is 354 g/mol. The van der Waals surface area contributed by atoms with Crippen molar-refractivity contribution in [1.29, 1.82) is 0 Å². The molecule has 4 atom stereocenters. The SMILES string of the molecule is CSCCCOC(=O)[C@@]1(n2ccc(N)nc2=O)O[C@H](CO)[C@@H](O)[C@H]1O. The molecule has 0 unspecified atom stereocenters. The molecule has 0 amide bonds. The van der Waals surface area contributed by atoms with Crippen molar-refractivity contribution in [3.05, 3.63) is 22.7 Å². The van der Waals surface area contributed by atoms with Crippen LogP contribution in [-0.4, -0.2) is 74.4 Å². The van der Waals surface area contributed by atoms with Gasteiger partial charge in [-0.15, -0.1) is 0 Å². The molecular formula is C14H21N3O7S. The number of aliphatic hydroxyl groups is 3. The van der Waals surface area contributed by atoms with E-state index in [0.29, 0.717) is 11.0 Å². The number of anilines is 1. The molecule has 0 radical (unpaired) electrons. The molecule has 5 N–H and O–H groups in total. The van der Waals surface area contributed by atoms with Crippen LogP contribution < -0.4 is 11.4 Å². The maximum Gasteiger partial charge on any atom is 0.363 e. The fourth-order valence-corrected chi connectivity index (χ4v) is 2.96. The first-order valence-corrected chi connectivity index (χ1v) is 8.94. The number of nitrogen functional groups attached to an aromatic ring is 1. The lowest BCUT2D eigenvalue weighted by atomic mass is 10.0. The summed E-state index contributed by atoms with van der Waals surface area (Å²) in [6, 6.07) is 1.24. The van der Waals surface area contributed by atoms with Gasteiger partial charge in [0.1, 0.15) is 24.1 Å². The second kappa shape index (κ2) is 8.15. The molecule has 0 aliphatic carbocycles. The van der Waals surface area contributed by atoms with E-state index < -0.39 is 42.3 Å². The summed E-state index contributed by atoms with van der Waals surface area (Å²) in [6.07, 6.45) is -1.16. The van der Waals surface area contributed by atoms with Gasteiger partial charge >= 0.3 is 11.7 Å². The van der Waals surface area contributed by atoms with Crippen LogP contribution in [-0.2, 0) is 20.0 Å². The normalized spacial score (nSPS) is 28.9. The van der Waals surface area contributed by atoms with E-state index in [1.54, 1.807) is 11.8 Å². The highest BCUT2D eigenvalue weighted by Gasteiger charge is 2.62. The summed E-state index contributed by atoms with van der Waals surface area (Å²) in [5.41, 5.74) is 2.11. The van der Waals surface area contributed by atoms with E-state index in [1.165, 1.54) is 6.07 Å². The Kier molecular flexibility index (Phi) is 6.41. The van der Waals surface area contributed by atoms with Gasteiger partial charge in [0.25, 0.3) is 5.72 Å². The lowest BCUT2D eigenvalue weighted by Crippen LogP contribution is -2.56. The molecule has 1 aromatic rings. The first-order valence-electron chi connectivity index (χ1n) is 7.55. The van der Waals surface area contributed by atoms with Crippen molar-refractivity contribution in [3.63, 3.8) is 0 Å². The Bertz CT molecular complexity index is 670. The molecule has 25 heavy (non-hydrogen) atoms. The average Bonchev–Trinajstić information content (AvgIpc) is 2.84. The Labute approximate surface area is 147 Å². The number of esters is 1. The van der Waals surface area contributed by atoms with Crippen LogP contribution in [0.25, 0.3) is 0 Å². The number of hydrogen-bond donors (Lipinski definition) is 4. The number of carbonyl (C=O) groups is 1. The summed E-state index contributed by atoms with van der Waals surface area (Å²) in [7, 11) is 0. The van der Waals surface area contributed by atoms with E-state index in [9.17, 15) is 24.9 Å². The smallest absolute Gasteiger partial charge is 0.363 e. The highest BCUT2D eigenvalue weighted by molar-refractivity contribution is 7.98. The van der Waals surface area contributed by atoms with Crippen molar-refractivity contribution < 1.29 is 29.6 Å². The van der Waals surface area contributed by atoms with Crippen LogP contribution >= 0.6 is 11.8 Å². The van der Waals surface area contributed by atoms with E-state index in [-0.39, 0.29) is 12.4 Å². The molecule has 0 saturated carbocycles. The van der Waals surface area contributed by atoms with Gasteiger partial charge in [0.2, 0.25) is 0 Å². The second-order valence-corrected chi connectivity index (χ2v) is 6.44. The summed E-state index contributed by atoms with van der Waals surface area (Å²) in [5, 5.41) is 29.8. The molecule has 10 nitrogen and oxygen atoms in total. The van der Waals surface area contributed by atoms with Crippen molar-refractivity contribution >= 4 is 23.5 Å². The third-order valence-electron chi connectivity index (χ3n) is 3.82. The fourth-order valence-electron chi connectivity index (χ4n) is 2.56. The third-order valence-corrected chi connectivity index (χ3v) is 4.51. The van der Waals surface area contributed by atoms with Gasteiger partial charge in [-0.2, -0.15) is 16.7 Å². The van der Waals surface area contributed by atoms with Gasteiger partial charge in [0, 0.05) is 6.20 Å². The molecule has 1 aromatic heterocycles. The molecule has 0 bridgehead atoms. The standard InChI is InChI=1S/C14H21N3O7S/c1-25-6-2-5-23-12(21)14(11(20)10(19)8(7-18)24-14)17-4-3-9(15)16-13(17)22/h3-4,8,10-11,18-20H,2,5-7H2,1H3,(H2,15,16,22)/t8-,10-,11-,14+/m1/s1. The number of nitrogens with zero attached hydrogens (tertiary/aromatic N) is 2. The van der Waals surface area contributed by atoms with Gasteiger partial charge in [0.15, 0.2) is 0 Å². The minimum atomic E-state index is -2.36. The maximum absolute atomic E-state index is 12.7. The molecule has 2 rings (SSSR count). The molecule has 0 aromatic carbocycles. The molecule has 1 aliphatic heterocycles. The van der Waals surface area contributed by atoms with Gasteiger partial charge < -0.3 is 30.5 Å².